The number of anilines is 1. The van der Waals surface area contributed by atoms with Crippen molar-refractivity contribution in [2.75, 3.05) is 5.32 Å². The van der Waals surface area contributed by atoms with E-state index >= 15 is 0 Å². The summed E-state index contributed by atoms with van der Waals surface area (Å²) < 4.78 is 1.34. The number of carbonyl (C=O) groups is 5. The van der Waals surface area contributed by atoms with Gasteiger partial charge in [0.2, 0.25) is 17.7 Å². The number of benzene rings is 1. The van der Waals surface area contributed by atoms with Crippen LogP contribution in [0, 0.1) is 6.92 Å². The number of hydrogen-bond acceptors (Lipinski definition) is 8. The van der Waals surface area contributed by atoms with Crippen LogP contribution in [0.1, 0.15) is 39.3 Å². The number of rotatable bonds is 5. The Hall–Kier alpha value is -4.74. The smallest absolute Gasteiger partial charge is 0.264 e. The summed E-state index contributed by atoms with van der Waals surface area (Å²) in [6.45, 7) is 1.68. The van der Waals surface area contributed by atoms with Crippen molar-refractivity contribution >= 4 is 35.2 Å². The topological polar surface area (TPSA) is 156 Å². The van der Waals surface area contributed by atoms with Gasteiger partial charge in [-0.05, 0) is 37.6 Å². The lowest BCUT2D eigenvalue weighted by Gasteiger charge is -2.27. The van der Waals surface area contributed by atoms with E-state index in [4.69, 9.17) is 0 Å². The number of piperidine rings is 1. The molecule has 0 radical (unpaired) electrons. The van der Waals surface area contributed by atoms with E-state index in [-0.39, 0.29) is 36.2 Å². The van der Waals surface area contributed by atoms with Crippen molar-refractivity contribution in [3.63, 3.8) is 0 Å². The molecule has 0 aliphatic carbocycles. The maximum Gasteiger partial charge on any atom is 0.264 e. The third kappa shape index (κ3) is 4.05. The number of pyridine rings is 1. The summed E-state index contributed by atoms with van der Waals surface area (Å²) in [5.41, 5.74) is 2.38. The first-order chi connectivity index (χ1) is 16.8. The number of aryl methyl sites for hydroxylation is 1. The first kappa shape index (κ1) is 22.1. The molecule has 2 aliphatic heterocycles. The number of nitrogens with zero attached hydrogens (tertiary/aromatic N) is 5. The van der Waals surface area contributed by atoms with E-state index in [2.05, 4.69) is 25.9 Å². The van der Waals surface area contributed by atoms with Crippen LogP contribution in [-0.4, -0.2) is 60.5 Å². The van der Waals surface area contributed by atoms with Gasteiger partial charge in [-0.15, -0.1) is 5.10 Å². The molecule has 176 valence electrons. The first-order valence-corrected chi connectivity index (χ1v) is 10.8. The second kappa shape index (κ2) is 8.56. The van der Waals surface area contributed by atoms with E-state index in [0.717, 1.165) is 16.2 Å². The third-order valence-electron chi connectivity index (χ3n) is 5.79. The van der Waals surface area contributed by atoms with E-state index in [1.54, 1.807) is 12.4 Å². The third-order valence-corrected chi connectivity index (χ3v) is 5.79. The van der Waals surface area contributed by atoms with Crippen molar-refractivity contribution in [3.8, 4) is 11.3 Å². The molecule has 0 saturated carbocycles. The molecule has 12 nitrogen and oxygen atoms in total. The Balaban J connectivity index is 1.33. The molecule has 1 atom stereocenters. The Morgan fingerprint density at radius 3 is 2.71 bits per heavy atom. The quantitative estimate of drug-likeness (QED) is 0.513. The predicted molar refractivity (Wildman–Crippen MR) is 120 cm³/mol. The van der Waals surface area contributed by atoms with Gasteiger partial charge in [-0.3, -0.25) is 39.2 Å². The highest BCUT2D eigenvalue weighted by Crippen LogP contribution is 2.32. The normalized spacial score (nSPS) is 17.4. The summed E-state index contributed by atoms with van der Waals surface area (Å²) in [5, 5.41) is 12.8. The maximum absolute atomic E-state index is 13.1. The number of carbonyl (C=O) groups excluding carboxylic acids is 5. The van der Waals surface area contributed by atoms with E-state index in [9.17, 15) is 24.0 Å². The number of nitrogens with one attached hydrogen (secondary N) is 2. The van der Waals surface area contributed by atoms with E-state index < -0.39 is 35.6 Å². The molecule has 0 bridgehead atoms. The molecule has 1 unspecified atom stereocenters. The van der Waals surface area contributed by atoms with Gasteiger partial charge in [0.25, 0.3) is 11.8 Å². The molecule has 5 rings (SSSR count). The molecule has 2 aromatic heterocycles. The molecule has 1 aromatic carbocycles. The Kier molecular flexibility index (Phi) is 5.40. The molecule has 2 N–H and O–H groups in total. The highest BCUT2D eigenvalue weighted by molar-refractivity contribution is 6.26. The second-order valence-corrected chi connectivity index (χ2v) is 8.21. The molecule has 4 heterocycles. The lowest BCUT2D eigenvalue weighted by molar-refractivity contribution is -0.136. The molecule has 35 heavy (non-hydrogen) atoms. The zero-order chi connectivity index (χ0) is 24.7. The van der Waals surface area contributed by atoms with Gasteiger partial charge in [0.15, 0.2) is 0 Å². The summed E-state index contributed by atoms with van der Waals surface area (Å²) in [6, 6.07) is 7.09. The Bertz CT molecular complexity index is 1400. The number of aromatic nitrogens is 4. The van der Waals surface area contributed by atoms with Crippen molar-refractivity contribution in [3.05, 3.63) is 59.5 Å². The van der Waals surface area contributed by atoms with Gasteiger partial charge in [-0.25, -0.2) is 4.68 Å². The Labute approximate surface area is 198 Å². The van der Waals surface area contributed by atoms with Crippen LogP contribution in [0.15, 0.2) is 42.7 Å². The summed E-state index contributed by atoms with van der Waals surface area (Å²) in [7, 11) is 0. The second-order valence-electron chi connectivity index (χ2n) is 8.21. The maximum atomic E-state index is 13.1. The van der Waals surface area contributed by atoms with E-state index in [1.165, 1.54) is 22.9 Å². The number of fused-ring (bicyclic) bond motifs is 1. The minimum Gasteiger partial charge on any atom is -0.324 e. The number of hydrogen-bond donors (Lipinski definition) is 2. The standard InChI is InChI=1S/C23H19N7O5/c1-12-5-6-13(9-24-12)16-10-29(28-27-16)11-19(32)25-15-4-2-3-14-20(15)23(35)30(22(14)34)17-7-8-18(31)26-21(17)33/h2-6,9-10,17H,7-8,11H2,1H3,(H,25,32)(H,26,31,33). The molecular formula is C23H19N7O5. The van der Waals surface area contributed by atoms with Crippen LogP contribution < -0.4 is 10.6 Å². The largest absolute Gasteiger partial charge is 0.324 e. The minimum atomic E-state index is -1.09. The van der Waals surface area contributed by atoms with Crippen LogP contribution >= 0.6 is 0 Å². The monoisotopic (exact) mass is 473 g/mol. The fraction of sp³-hybridized carbons (Fsp3) is 0.217. The lowest BCUT2D eigenvalue weighted by atomic mass is 10.0. The van der Waals surface area contributed by atoms with Gasteiger partial charge >= 0.3 is 0 Å². The van der Waals surface area contributed by atoms with Crippen molar-refractivity contribution in [1.82, 2.24) is 30.2 Å². The minimum absolute atomic E-state index is 0.000518. The summed E-state index contributed by atoms with van der Waals surface area (Å²) in [5.74, 6) is -3.00. The average molecular weight is 473 g/mol. The van der Waals surface area contributed by atoms with Crippen LogP contribution in [-0.2, 0) is 20.9 Å². The SMILES string of the molecule is Cc1ccc(-c2cn(CC(=O)Nc3cccc4c3C(=O)N(C3CCC(=O)NC3=O)C4=O)nn2)cn1. The van der Waals surface area contributed by atoms with Gasteiger partial charge < -0.3 is 5.32 Å². The van der Waals surface area contributed by atoms with Crippen molar-refractivity contribution < 1.29 is 24.0 Å². The zero-order valence-corrected chi connectivity index (χ0v) is 18.5. The van der Waals surface area contributed by atoms with Crippen molar-refractivity contribution in [1.29, 1.82) is 0 Å². The molecule has 12 heteroatoms. The highest BCUT2D eigenvalue weighted by Gasteiger charge is 2.45. The van der Waals surface area contributed by atoms with Gasteiger partial charge in [0.05, 0.1) is 23.0 Å². The number of imide groups is 2. The van der Waals surface area contributed by atoms with E-state index in [0.29, 0.717) is 5.69 Å². The Morgan fingerprint density at radius 2 is 1.97 bits per heavy atom. The van der Waals surface area contributed by atoms with Gasteiger partial charge in [0.1, 0.15) is 18.3 Å². The summed E-state index contributed by atoms with van der Waals surface area (Å²) in [4.78, 5) is 67.5. The van der Waals surface area contributed by atoms with Crippen LogP contribution in [0.4, 0.5) is 5.69 Å². The lowest BCUT2D eigenvalue weighted by Crippen LogP contribution is -2.54. The van der Waals surface area contributed by atoms with Crippen LogP contribution in [0.3, 0.4) is 0 Å². The molecule has 1 saturated heterocycles. The average Bonchev–Trinajstić information content (AvgIpc) is 3.38. The number of amides is 5. The molecule has 0 spiro atoms. The zero-order valence-electron chi connectivity index (χ0n) is 18.5. The van der Waals surface area contributed by atoms with Crippen molar-refractivity contribution in [2.24, 2.45) is 0 Å². The van der Waals surface area contributed by atoms with Crippen LogP contribution in [0.5, 0.6) is 0 Å². The van der Waals surface area contributed by atoms with Gasteiger partial charge in [-0.1, -0.05) is 11.3 Å². The van der Waals surface area contributed by atoms with Crippen molar-refractivity contribution in [2.45, 2.75) is 32.4 Å². The molecule has 3 aromatic rings. The summed E-state index contributed by atoms with van der Waals surface area (Å²) in [6.07, 6.45) is 3.32. The predicted octanol–water partition coefficient (Wildman–Crippen LogP) is 0.688. The van der Waals surface area contributed by atoms with E-state index in [1.807, 2.05) is 19.1 Å². The molecule has 5 amide bonds. The fourth-order valence-corrected chi connectivity index (χ4v) is 4.08. The first-order valence-electron chi connectivity index (χ1n) is 10.8. The van der Waals surface area contributed by atoms with Crippen LogP contribution in [0.2, 0.25) is 0 Å². The molecular weight excluding hydrogens is 454 g/mol. The fourth-order valence-electron chi connectivity index (χ4n) is 4.08. The van der Waals surface area contributed by atoms with Gasteiger partial charge in [-0.2, -0.15) is 0 Å². The summed E-state index contributed by atoms with van der Waals surface area (Å²) >= 11 is 0. The highest BCUT2D eigenvalue weighted by atomic mass is 16.2. The van der Waals surface area contributed by atoms with Crippen LogP contribution in [0.25, 0.3) is 11.3 Å². The Morgan fingerprint density at radius 1 is 1.14 bits per heavy atom. The van der Waals surface area contributed by atoms with Gasteiger partial charge in [0, 0.05) is 23.9 Å². The molecule has 1 fully saturated rings. The molecule has 2 aliphatic rings.